The van der Waals surface area contributed by atoms with Crippen molar-refractivity contribution in [2.24, 2.45) is 10.7 Å². The van der Waals surface area contributed by atoms with E-state index in [9.17, 15) is 0 Å². The SMILES string of the molecule is CCOCCCNC(N)=NCc1cccc(OCC)c1.I. The summed E-state index contributed by atoms with van der Waals surface area (Å²) < 4.78 is 10.7. The smallest absolute Gasteiger partial charge is 0.188 e. The normalized spacial score (nSPS) is 10.9. The lowest BCUT2D eigenvalue weighted by Crippen LogP contribution is -2.32. The summed E-state index contributed by atoms with van der Waals surface area (Å²) in [5, 5.41) is 3.07. The number of hydrogen-bond acceptors (Lipinski definition) is 3. The van der Waals surface area contributed by atoms with Crippen LogP contribution in [0.25, 0.3) is 0 Å². The minimum Gasteiger partial charge on any atom is -0.494 e. The number of nitrogens with one attached hydrogen (secondary N) is 1. The maximum Gasteiger partial charge on any atom is 0.188 e. The largest absolute Gasteiger partial charge is 0.494 e. The summed E-state index contributed by atoms with van der Waals surface area (Å²) in [7, 11) is 0. The molecule has 1 aromatic carbocycles. The monoisotopic (exact) mass is 407 g/mol. The van der Waals surface area contributed by atoms with Crippen molar-refractivity contribution in [3.05, 3.63) is 29.8 Å². The van der Waals surface area contributed by atoms with Crippen molar-refractivity contribution in [3.63, 3.8) is 0 Å². The van der Waals surface area contributed by atoms with Gasteiger partial charge in [0.2, 0.25) is 0 Å². The van der Waals surface area contributed by atoms with E-state index >= 15 is 0 Å². The van der Waals surface area contributed by atoms with Gasteiger partial charge >= 0.3 is 0 Å². The van der Waals surface area contributed by atoms with Crippen LogP contribution in [0.2, 0.25) is 0 Å². The Bertz CT molecular complexity index is 414. The molecular formula is C15H26IN3O2. The van der Waals surface area contributed by atoms with E-state index in [-0.39, 0.29) is 24.0 Å². The zero-order valence-electron chi connectivity index (χ0n) is 12.8. The van der Waals surface area contributed by atoms with Crippen LogP contribution in [0.4, 0.5) is 0 Å². The van der Waals surface area contributed by atoms with Gasteiger partial charge in [0.15, 0.2) is 5.96 Å². The van der Waals surface area contributed by atoms with E-state index in [4.69, 9.17) is 15.2 Å². The van der Waals surface area contributed by atoms with Crippen molar-refractivity contribution >= 4 is 29.9 Å². The van der Waals surface area contributed by atoms with Crippen LogP contribution in [0.1, 0.15) is 25.8 Å². The Morgan fingerprint density at radius 2 is 2.10 bits per heavy atom. The van der Waals surface area contributed by atoms with Gasteiger partial charge in [0, 0.05) is 19.8 Å². The maximum atomic E-state index is 5.80. The molecule has 0 fully saturated rings. The van der Waals surface area contributed by atoms with Gasteiger partial charge in [0.1, 0.15) is 5.75 Å². The number of halogens is 1. The summed E-state index contributed by atoms with van der Waals surface area (Å²) in [6, 6.07) is 7.89. The van der Waals surface area contributed by atoms with Gasteiger partial charge in [-0.2, -0.15) is 0 Å². The van der Waals surface area contributed by atoms with E-state index in [2.05, 4.69) is 10.3 Å². The van der Waals surface area contributed by atoms with Crippen LogP contribution >= 0.6 is 24.0 Å². The summed E-state index contributed by atoms with van der Waals surface area (Å²) in [6.07, 6.45) is 0.921. The predicted molar refractivity (Wildman–Crippen MR) is 97.5 cm³/mol. The minimum absolute atomic E-state index is 0. The number of aliphatic imine (C=N–C) groups is 1. The molecule has 0 saturated carbocycles. The van der Waals surface area contributed by atoms with Gasteiger partial charge in [-0.25, -0.2) is 4.99 Å². The molecule has 0 atom stereocenters. The summed E-state index contributed by atoms with van der Waals surface area (Å²) in [5.41, 5.74) is 6.88. The first-order valence-corrected chi connectivity index (χ1v) is 7.09. The quantitative estimate of drug-likeness (QED) is 0.286. The molecule has 3 N–H and O–H groups in total. The van der Waals surface area contributed by atoms with E-state index in [1.807, 2.05) is 38.1 Å². The zero-order valence-corrected chi connectivity index (χ0v) is 15.1. The number of nitrogens with two attached hydrogens (primary N) is 1. The van der Waals surface area contributed by atoms with Crippen LogP contribution in [0.3, 0.4) is 0 Å². The molecule has 1 rings (SSSR count). The fourth-order valence-electron chi connectivity index (χ4n) is 1.67. The first-order chi connectivity index (χ1) is 9.76. The molecule has 0 saturated heterocycles. The Morgan fingerprint density at radius 3 is 2.81 bits per heavy atom. The van der Waals surface area contributed by atoms with Gasteiger partial charge in [-0.3, -0.25) is 0 Å². The van der Waals surface area contributed by atoms with Gasteiger partial charge in [-0.15, -0.1) is 24.0 Å². The first kappa shape index (κ1) is 20.0. The molecule has 120 valence electrons. The number of nitrogens with zero attached hydrogens (tertiary/aromatic N) is 1. The molecular weight excluding hydrogens is 381 g/mol. The Labute approximate surface area is 144 Å². The van der Waals surface area contributed by atoms with Crippen LogP contribution in [-0.2, 0) is 11.3 Å². The fraction of sp³-hybridized carbons (Fsp3) is 0.533. The van der Waals surface area contributed by atoms with Crippen molar-refractivity contribution < 1.29 is 9.47 Å². The molecule has 0 aliphatic heterocycles. The van der Waals surface area contributed by atoms with E-state index in [0.717, 1.165) is 37.5 Å². The third-order valence-corrected chi connectivity index (χ3v) is 2.62. The minimum atomic E-state index is 0. The molecule has 0 aliphatic rings. The molecule has 0 aromatic heterocycles. The number of ether oxygens (including phenoxy) is 2. The van der Waals surface area contributed by atoms with E-state index in [1.165, 1.54) is 0 Å². The number of rotatable bonds is 9. The lowest BCUT2D eigenvalue weighted by atomic mass is 10.2. The second-order valence-corrected chi connectivity index (χ2v) is 4.26. The van der Waals surface area contributed by atoms with Gasteiger partial charge < -0.3 is 20.5 Å². The molecule has 21 heavy (non-hydrogen) atoms. The van der Waals surface area contributed by atoms with E-state index in [0.29, 0.717) is 19.1 Å². The molecule has 0 unspecified atom stereocenters. The molecule has 6 heteroatoms. The summed E-state index contributed by atoms with van der Waals surface area (Å²) >= 11 is 0. The number of benzene rings is 1. The Kier molecular flexibility index (Phi) is 12.1. The van der Waals surface area contributed by atoms with E-state index < -0.39 is 0 Å². The number of guanidine groups is 1. The third kappa shape index (κ3) is 9.52. The molecule has 1 aromatic rings. The molecule has 0 aliphatic carbocycles. The van der Waals surface area contributed by atoms with Crippen LogP contribution in [-0.4, -0.2) is 32.3 Å². The lowest BCUT2D eigenvalue weighted by Gasteiger charge is -2.07. The standard InChI is InChI=1S/C15H25N3O2.HI/c1-3-19-10-6-9-17-15(16)18-12-13-7-5-8-14(11-13)20-4-2;/h5,7-8,11H,3-4,6,9-10,12H2,1-2H3,(H3,16,17,18);1H. The topological polar surface area (TPSA) is 68.9 Å². The lowest BCUT2D eigenvalue weighted by molar-refractivity contribution is 0.145. The molecule has 0 heterocycles. The second kappa shape index (κ2) is 12.7. The average Bonchev–Trinajstić information content (AvgIpc) is 2.46. The Balaban J connectivity index is 0.00000400. The molecule has 0 radical (unpaired) electrons. The highest BCUT2D eigenvalue weighted by atomic mass is 127. The first-order valence-electron chi connectivity index (χ1n) is 7.09. The van der Waals surface area contributed by atoms with Crippen molar-refractivity contribution in [1.82, 2.24) is 5.32 Å². The third-order valence-electron chi connectivity index (χ3n) is 2.62. The van der Waals surface area contributed by atoms with Crippen LogP contribution in [0.5, 0.6) is 5.75 Å². The highest BCUT2D eigenvalue weighted by molar-refractivity contribution is 14.0. The van der Waals surface area contributed by atoms with Crippen molar-refractivity contribution in [1.29, 1.82) is 0 Å². The Morgan fingerprint density at radius 1 is 1.29 bits per heavy atom. The van der Waals surface area contributed by atoms with Crippen molar-refractivity contribution in [2.45, 2.75) is 26.8 Å². The summed E-state index contributed by atoms with van der Waals surface area (Å²) in [6.45, 7) is 7.43. The maximum absolute atomic E-state index is 5.80. The van der Waals surface area contributed by atoms with Crippen LogP contribution in [0.15, 0.2) is 29.3 Å². The van der Waals surface area contributed by atoms with Crippen LogP contribution < -0.4 is 15.8 Å². The second-order valence-electron chi connectivity index (χ2n) is 4.26. The molecule has 0 spiro atoms. The fourth-order valence-corrected chi connectivity index (χ4v) is 1.67. The van der Waals surface area contributed by atoms with Gasteiger partial charge in [-0.05, 0) is 38.0 Å². The van der Waals surface area contributed by atoms with E-state index in [1.54, 1.807) is 0 Å². The predicted octanol–water partition coefficient (Wildman–Crippen LogP) is 2.53. The zero-order chi connectivity index (χ0) is 14.6. The van der Waals surface area contributed by atoms with Gasteiger partial charge in [0.25, 0.3) is 0 Å². The van der Waals surface area contributed by atoms with Crippen molar-refractivity contribution in [2.75, 3.05) is 26.4 Å². The van der Waals surface area contributed by atoms with Crippen LogP contribution in [0, 0.1) is 0 Å². The molecule has 0 amide bonds. The average molecular weight is 407 g/mol. The van der Waals surface area contributed by atoms with Crippen molar-refractivity contribution in [3.8, 4) is 5.75 Å². The molecule has 0 bridgehead atoms. The highest BCUT2D eigenvalue weighted by Crippen LogP contribution is 2.13. The number of hydrogen-bond donors (Lipinski definition) is 2. The molecule has 5 nitrogen and oxygen atoms in total. The van der Waals surface area contributed by atoms with Gasteiger partial charge in [-0.1, -0.05) is 12.1 Å². The Hall–Kier alpha value is -1.02. The highest BCUT2D eigenvalue weighted by Gasteiger charge is 1.97. The van der Waals surface area contributed by atoms with Gasteiger partial charge in [0.05, 0.1) is 13.2 Å². The summed E-state index contributed by atoms with van der Waals surface area (Å²) in [4.78, 5) is 4.30. The summed E-state index contributed by atoms with van der Waals surface area (Å²) in [5.74, 6) is 1.33.